The maximum atomic E-state index is 13.3. The molecule has 1 aromatic carbocycles. The number of benzene rings is 1. The zero-order valence-corrected chi connectivity index (χ0v) is 13.7. The summed E-state index contributed by atoms with van der Waals surface area (Å²) in [5.41, 5.74) is 0. The van der Waals surface area contributed by atoms with E-state index in [1.165, 1.54) is 16.2 Å². The van der Waals surface area contributed by atoms with Crippen LogP contribution in [0.1, 0.15) is 9.67 Å². The van der Waals surface area contributed by atoms with E-state index in [0.29, 0.717) is 31.1 Å². The molecule has 8 heteroatoms. The van der Waals surface area contributed by atoms with Gasteiger partial charge in [-0.25, -0.2) is 0 Å². The molecule has 1 aromatic heterocycles. The first-order chi connectivity index (χ1) is 11.4. The Hall–Kier alpha value is -1.64. The molecule has 0 aliphatic carbocycles. The van der Waals surface area contributed by atoms with Gasteiger partial charge in [-0.3, -0.25) is 9.69 Å². The summed E-state index contributed by atoms with van der Waals surface area (Å²) in [4.78, 5) is 14.0. The molecule has 0 saturated carbocycles. The Morgan fingerprint density at radius 2 is 2.00 bits per heavy atom. The van der Waals surface area contributed by atoms with Crippen molar-refractivity contribution in [1.82, 2.24) is 15.5 Å². The van der Waals surface area contributed by atoms with Crippen molar-refractivity contribution < 1.29 is 18.0 Å². The Morgan fingerprint density at radius 3 is 2.67 bits per heavy atom. The van der Waals surface area contributed by atoms with Gasteiger partial charge in [0, 0.05) is 37.4 Å². The van der Waals surface area contributed by atoms with Crippen LogP contribution in [-0.2, 0) is 0 Å². The third-order valence-corrected chi connectivity index (χ3v) is 5.19. The molecular weight excluding hydrogens is 339 g/mol. The highest BCUT2D eigenvalue weighted by Gasteiger charge is 2.43. The highest BCUT2D eigenvalue weighted by atomic mass is 32.1. The minimum Gasteiger partial charge on any atom is -0.349 e. The zero-order chi connectivity index (χ0) is 17.2. The Balaban J connectivity index is 1.68. The van der Waals surface area contributed by atoms with Crippen LogP contribution in [0.2, 0.25) is 0 Å². The summed E-state index contributed by atoms with van der Waals surface area (Å²) < 4.78 is 40.9. The summed E-state index contributed by atoms with van der Waals surface area (Å²) in [6.07, 6.45) is -4.37. The lowest BCUT2D eigenvalue weighted by Crippen LogP contribution is -2.57. The molecule has 1 atom stereocenters. The smallest absolute Gasteiger partial charge is 0.349 e. The fraction of sp³-hybridized carbons (Fsp3) is 0.438. The molecular formula is C16H18F3N3OS. The van der Waals surface area contributed by atoms with Gasteiger partial charge in [0.05, 0.1) is 4.88 Å². The second kappa shape index (κ2) is 7.08. The van der Waals surface area contributed by atoms with E-state index in [-0.39, 0.29) is 0 Å². The molecule has 1 fully saturated rings. The molecule has 3 rings (SSSR count). The van der Waals surface area contributed by atoms with E-state index < -0.39 is 24.7 Å². The van der Waals surface area contributed by atoms with Crippen LogP contribution in [0.5, 0.6) is 0 Å². The molecule has 1 aliphatic rings. The van der Waals surface area contributed by atoms with Crippen LogP contribution >= 0.6 is 11.3 Å². The van der Waals surface area contributed by atoms with Crippen molar-refractivity contribution in [2.24, 2.45) is 0 Å². The molecule has 2 N–H and O–H groups in total. The molecule has 130 valence electrons. The number of nitrogens with zero attached hydrogens (tertiary/aromatic N) is 1. The minimum absolute atomic E-state index is 0.322. The van der Waals surface area contributed by atoms with Crippen LogP contribution in [0.15, 0.2) is 30.3 Å². The predicted octanol–water partition coefficient (Wildman–Crippen LogP) is 2.47. The summed E-state index contributed by atoms with van der Waals surface area (Å²) in [6.45, 7) is 1.26. The SMILES string of the molecule is O=C(NCC(N1CCNCC1)C(F)(F)F)c1cc2ccccc2s1. The number of carbonyl (C=O) groups excluding carboxylic acids is 1. The van der Waals surface area contributed by atoms with Crippen LogP contribution in [0.3, 0.4) is 0 Å². The minimum atomic E-state index is -4.37. The van der Waals surface area contributed by atoms with Crippen LogP contribution in [0, 0.1) is 0 Å². The Kier molecular flexibility index (Phi) is 5.07. The number of alkyl halides is 3. The van der Waals surface area contributed by atoms with Gasteiger partial charge in [-0.1, -0.05) is 18.2 Å². The van der Waals surface area contributed by atoms with E-state index >= 15 is 0 Å². The Labute approximate surface area is 141 Å². The van der Waals surface area contributed by atoms with E-state index in [2.05, 4.69) is 10.6 Å². The van der Waals surface area contributed by atoms with Gasteiger partial charge in [-0.05, 0) is 17.5 Å². The molecule has 1 unspecified atom stereocenters. The summed E-state index contributed by atoms with van der Waals surface area (Å²) in [6, 6.07) is 7.55. The lowest BCUT2D eigenvalue weighted by molar-refractivity contribution is -0.183. The number of hydrogen-bond donors (Lipinski definition) is 2. The molecule has 1 amide bonds. The van der Waals surface area contributed by atoms with Gasteiger partial charge in [-0.2, -0.15) is 13.2 Å². The maximum absolute atomic E-state index is 13.3. The topological polar surface area (TPSA) is 44.4 Å². The quantitative estimate of drug-likeness (QED) is 0.884. The molecule has 1 aliphatic heterocycles. The fourth-order valence-corrected chi connectivity index (χ4v) is 3.80. The number of amides is 1. The zero-order valence-electron chi connectivity index (χ0n) is 12.9. The van der Waals surface area contributed by atoms with Gasteiger partial charge in [0.2, 0.25) is 0 Å². The van der Waals surface area contributed by atoms with Crippen LogP contribution in [-0.4, -0.2) is 55.7 Å². The molecule has 0 bridgehead atoms. The number of fused-ring (bicyclic) bond motifs is 1. The van der Waals surface area contributed by atoms with E-state index in [1.54, 1.807) is 6.07 Å². The fourth-order valence-electron chi connectivity index (χ4n) is 2.82. The van der Waals surface area contributed by atoms with Gasteiger partial charge in [0.1, 0.15) is 6.04 Å². The molecule has 0 spiro atoms. The van der Waals surface area contributed by atoms with Crippen LogP contribution in [0.25, 0.3) is 10.1 Å². The molecule has 2 aromatic rings. The highest BCUT2D eigenvalue weighted by molar-refractivity contribution is 7.20. The van der Waals surface area contributed by atoms with Gasteiger partial charge in [-0.15, -0.1) is 11.3 Å². The summed E-state index contributed by atoms with van der Waals surface area (Å²) in [5.74, 6) is -0.458. The predicted molar refractivity (Wildman–Crippen MR) is 88.4 cm³/mol. The van der Waals surface area contributed by atoms with E-state index in [0.717, 1.165) is 10.1 Å². The number of piperazine rings is 1. The van der Waals surface area contributed by atoms with Gasteiger partial charge in [0.25, 0.3) is 5.91 Å². The number of rotatable bonds is 4. The third kappa shape index (κ3) is 3.88. The number of carbonyl (C=O) groups is 1. The van der Waals surface area contributed by atoms with Crippen molar-refractivity contribution in [3.05, 3.63) is 35.2 Å². The van der Waals surface area contributed by atoms with Crippen molar-refractivity contribution in [2.45, 2.75) is 12.2 Å². The summed E-state index contributed by atoms with van der Waals surface area (Å²) >= 11 is 1.28. The molecule has 4 nitrogen and oxygen atoms in total. The highest BCUT2D eigenvalue weighted by Crippen LogP contribution is 2.27. The standard InChI is InChI=1S/C16H18F3N3OS/c17-16(18,19)14(22-7-5-20-6-8-22)10-21-15(23)13-9-11-3-1-2-4-12(11)24-13/h1-4,9,14,20H,5-8,10H2,(H,21,23). The first-order valence-electron chi connectivity index (χ1n) is 7.73. The second-order valence-corrected chi connectivity index (χ2v) is 6.79. The summed E-state index contributed by atoms with van der Waals surface area (Å²) in [5, 5.41) is 6.40. The van der Waals surface area contributed by atoms with Crippen molar-refractivity contribution in [1.29, 1.82) is 0 Å². The Morgan fingerprint density at radius 1 is 1.29 bits per heavy atom. The largest absolute Gasteiger partial charge is 0.405 e. The van der Waals surface area contributed by atoms with E-state index in [1.807, 2.05) is 24.3 Å². The molecule has 0 radical (unpaired) electrons. The third-order valence-electron chi connectivity index (χ3n) is 4.08. The average Bonchev–Trinajstić information content (AvgIpc) is 2.99. The number of thiophene rings is 1. The van der Waals surface area contributed by atoms with E-state index in [9.17, 15) is 18.0 Å². The average molecular weight is 357 g/mol. The van der Waals surface area contributed by atoms with Crippen LogP contribution in [0.4, 0.5) is 13.2 Å². The van der Waals surface area contributed by atoms with Gasteiger partial charge >= 0.3 is 6.18 Å². The van der Waals surface area contributed by atoms with Crippen molar-refractivity contribution >= 4 is 27.3 Å². The Bertz CT molecular complexity index is 677. The monoisotopic (exact) mass is 357 g/mol. The van der Waals surface area contributed by atoms with E-state index in [4.69, 9.17) is 0 Å². The lowest BCUT2D eigenvalue weighted by Gasteiger charge is -2.35. The van der Waals surface area contributed by atoms with Crippen molar-refractivity contribution in [2.75, 3.05) is 32.7 Å². The van der Waals surface area contributed by atoms with Crippen LogP contribution < -0.4 is 10.6 Å². The normalized spacial score (nSPS) is 17.8. The first kappa shape index (κ1) is 17.2. The van der Waals surface area contributed by atoms with Gasteiger partial charge in [0.15, 0.2) is 0 Å². The number of hydrogen-bond acceptors (Lipinski definition) is 4. The first-order valence-corrected chi connectivity index (χ1v) is 8.55. The maximum Gasteiger partial charge on any atom is 0.405 e. The molecule has 2 heterocycles. The molecule has 1 saturated heterocycles. The number of nitrogens with one attached hydrogen (secondary N) is 2. The van der Waals surface area contributed by atoms with Crippen molar-refractivity contribution in [3.63, 3.8) is 0 Å². The summed E-state index contributed by atoms with van der Waals surface area (Å²) in [7, 11) is 0. The van der Waals surface area contributed by atoms with Gasteiger partial charge < -0.3 is 10.6 Å². The van der Waals surface area contributed by atoms with Crippen molar-refractivity contribution in [3.8, 4) is 0 Å². The number of halogens is 3. The molecule has 24 heavy (non-hydrogen) atoms. The second-order valence-electron chi connectivity index (χ2n) is 5.70. The lowest BCUT2D eigenvalue weighted by atomic mass is 10.2.